The van der Waals surface area contributed by atoms with E-state index in [1.807, 2.05) is 13.0 Å². The van der Waals surface area contributed by atoms with Gasteiger partial charge in [0.15, 0.2) is 0 Å². The zero-order chi connectivity index (χ0) is 15.6. The molecule has 0 saturated heterocycles. The van der Waals surface area contributed by atoms with E-state index in [1.54, 1.807) is 18.2 Å². The molecule has 0 aliphatic heterocycles. The molecular formula is C15H18Cl2N4. The molecule has 2 aromatic rings. The van der Waals surface area contributed by atoms with E-state index in [9.17, 15) is 0 Å². The fourth-order valence-corrected chi connectivity index (χ4v) is 2.29. The van der Waals surface area contributed by atoms with Gasteiger partial charge >= 0.3 is 0 Å². The van der Waals surface area contributed by atoms with Crippen LogP contribution in [0, 0.1) is 6.92 Å². The van der Waals surface area contributed by atoms with Crippen LogP contribution in [0.4, 0.5) is 17.5 Å². The zero-order valence-electron chi connectivity index (χ0n) is 12.5. The van der Waals surface area contributed by atoms with Crippen LogP contribution in [-0.4, -0.2) is 15.5 Å². The predicted molar refractivity (Wildman–Crippen MR) is 89.9 cm³/mol. The molecule has 4 nitrogen and oxygen atoms in total. The minimum absolute atomic E-state index is 0.0832. The Labute approximate surface area is 134 Å². The van der Waals surface area contributed by atoms with Crippen LogP contribution in [0.5, 0.6) is 0 Å². The number of nitrogens with one attached hydrogen (secondary N) is 2. The lowest BCUT2D eigenvalue weighted by molar-refractivity contribution is 0.630. The summed E-state index contributed by atoms with van der Waals surface area (Å²) in [6, 6.07) is 7.21. The molecule has 1 aromatic heterocycles. The van der Waals surface area contributed by atoms with Gasteiger partial charge in [-0.25, -0.2) is 4.98 Å². The van der Waals surface area contributed by atoms with Crippen LogP contribution in [0.2, 0.25) is 10.0 Å². The second-order valence-electron chi connectivity index (χ2n) is 5.81. The van der Waals surface area contributed by atoms with Gasteiger partial charge in [0.2, 0.25) is 5.95 Å². The first-order valence-electron chi connectivity index (χ1n) is 6.59. The number of benzene rings is 1. The fraction of sp³-hybridized carbons (Fsp3) is 0.333. The number of hydrogen-bond donors (Lipinski definition) is 2. The molecule has 0 amide bonds. The minimum atomic E-state index is -0.0832. The molecule has 0 atom stereocenters. The Morgan fingerprint density at radius 3 is 2.24 bits per heavy atom. The van der Waals surface area contributed by atoms with Gasteiger partial charge in [-0.2, -0.15) is 4.98 Å². The largest absolute Gasteiger partial charge is 0.365 e. The zero-order valence-corrected chi connectivity index (χ0v) is 14.0. The maximum atomic E-state index is 6.15. The van der Waals surface area contributed by atoms with Crippen molar-refractivity contribution in [1.29, 1.82) is 0 Å². The first-order valence-corrected chi connectivity index (χ1v) is 7.35. The normalized spacial score (nSPS) is 11.3. The number of para-hydroxylation sites is 1. The van der Waals surface area contributed by atoms with E-state index in [2.05, 4.69) is 41.4 Å². The van der Waals surface area contributed by atoms with Crippen molar-refractivity contribution in [3.05, 3.63) is 40.0 Å². The molecule has 2 N–H and O–H groups in total. The van der Waals surface area contributed by atoms with Gasteiger partial charge in [0, 0.05) is 17.3 Å². The smallest absolute Gasteiger partial charge is 0.229 e. The lowest BCUT2D eigenvalue weighted by atomic mass is 10.1. The Kier molecular flexibility index (Phi) is 4.59. The molecule has 112 valence electrons. The quantitative estimate of drug-likeness (QED) is 0.829. The van der Waals surface area contributed by atoms with Crippen LogP contribution < -0.4 is 10.6 Å². The van der Waals surface area contributed by atoms with Crippen LogP contribution in [0.15, 0.2) is 24.3 Å². The van der Waals surface area contributed by atoms with Crippen LogP contribution in [0.25, 0.3) is 0 Å². The Morgan fingerprint density at radius 1 is 1.05 bits per heavy atom. The van der Waals surface area contributed by atoms with Gasteiger partial charge in [0.1, 0.15) is 5.82 Å². The van der Waals surface area contributed by atoms with Crippen LogP contribution >= 0.6 is 23.2 Å². The van der Waals surface area contributed by atoms with Gasteiger partial charge < -0.3 is 10.6 Å². The van der Waals surface area contributed by atoms with Gasteiger partial charge in [-0.1, -0.05) is 29.3 Å². The summed E-state index contributed by atoms with van der Waals surface area (Å²) < 4.78 is 0. The third-order valence-electron chi connectivity index (χ3n) is 2.56. The Bertz CT molecular complexity index is 630. The monoisotopic (exact) mass is 324 g/mol. The minimum Gasteiger partial charge on any atom is -0.365 e. The van der Waals surface area contributed by atoms with Crippen molar-refractivity contribution in [3.8, 4) is 0 Å². The van der Waals surface area contributed by atoms with E-state index in [1.165, 1.54) is 0 Å². The van der Waals surface area contributed by atoms with Crippen LogP contribution in [-0.2, 0) is 0 Å². The van der Waals surface area contributed by atoms with Crippen molar-refractivity contribution in [2.75, 3.05) is 10.6 Å². The van der Waals surface area contributed by atoms with Crippen molar-refractivity contribution in [2.24, 2.45) is 0 Å². The molecule has 0 aliphatic carbocycles. The third-order valence-corrected chi connectivity index (χ3v) is 3.19. The van der Waals surface area contributed by atoms with Gasteiger partial charge in [0.25, 0.3) is 0 Å². The lowest BCUT2D eigenvalue weighted by Crippen LogP contribution is -2.27. The molecule has 21 heavy (non-hydrogen) atoms. The summed E-state index contributed by atoms with van der Waals surface area (Å²) in [6.45, 7) is 8.13. The van der Waals surface area contributed by atoms with Gasteiger partial charge in [-0.05, 0) is 39.8 Å². The molecule has 0 unspecified atom stereocenters. The molecule has 1 heterocycles. The highest BCUT2D eigenvalue weighted by molar-refractivity contribution is 6.39. The van der Waals surface area contributed by atoms with E-state index < -0.39 is 0 Å². The summed E-state index contributed by atoms with van der Waals surface area (Å²) in [7, 11) is 0. The number of aryl methyl sites for hydroxylation is 1. The summed E-state index contributed by atoms with van der Waals surface area (Å²) >= 11 is 12.3. The summed E-state index contributed by atoms with van der Waals surface area (Å²) in [4.78, 5) is 8.81. The third kappa shape index (κ3) is 4.48. The van der Waals surface area contributed by atoms with Gasteiger partial charge in [-0.3, -0.25) is 0 Å². The first-order chi connectivity index (χ1) is 9.74. The Hall–Kier alpha value is -1.52. The van der Waals surface area contributed by atoms with E-state index in [0.717, 1.165) is 11.5 Å². The average molecular weight is 325 g/mol. The standard InChI is InChI=1S/C15H18Cl2N4/c1-9-8-12(21-15(2,3)4)19-14(18-9)20-13-10(16)6-5-7-11(13)17/h5-8H,1-4H3,(H2,18,19,20,21). The summed E-state index contributed by atoms with van der Waals surface area (Å²) in [5.74, 6) is 1.21. The second kappa shape index (κ2) is 6.08. The molecule has 0 fully saturated rings. The number of hydrogen-bond acceptors (Lipinski definition) is 4. The van der Waals surface area contributed by atoms with Crippen molar-refractivity contribution in [3.63, 3.8) is 0 Å². The summed E-state index contributed by atoms with van der Waals surface area (Å²) in [5, 5.41) is 7.45. The number of aromatic nitrogens is 2. The molecule has 0 saturated carbocycles. The Morgan fingerprint density at radius 2 is 1.67 bits per heavy atom. The summed E-state index contributed by atoms with van der Waals surface area (Å²) in [5.41, 5.74) is 1.37. The number of anilines is 3. The predicted octanol–water partition coefficient (Wildman–Crippen LogP) is 5.05. The molecule has 0 spiro atoms. The van der Waals surface area contributed by atoms with E-state index >= 15 is 0 Å². The lowest BCUT2D eigenvalue weighted by Gasteiger charge is -2.22. The molecule has 2 rings (SSSR count). The number of halogens is 2. The Balaban J connectivity index is 2.32. The number of nitrogens with zero attached hydrogens (tertiary/aromatic N) is 2. The molecule has 0 aliphatic rings. The molecule has 0 radical (unpaired) electrons. The molecular weight excluding hydrogens is 307 g/mol. The van der Waals surface area contributed by atoms with Crippen molar-refractivity contribution >= 4 is 40.7 Å². The second-order valence-corrected chi connectivity index (χ2v) is 6.63. The fourth-order valence-electron chi connectivity index (χ4n) is 1.80. The molecule has 6 heteroatoms. The van der Waals surface area contributed by atoms with Crippen molar-refractivity contribution < 1.29 is 0 Å². The van der Waals surface area contributed by atoms with Crippen LogP contribution in [0.3, 0.4) is 0 Å². The maximum absolute atomic E-state index is 6.15. The van der Waals surface area contributed by atoms with Gasteiger partial charge in [0.05, 0.1) is 15.7 Å². The van der Waals surface area contributed by atoms with E-state index in [0.29, 0.717) is 21.7 Å². The van der Waals surface area contributed by atoms with E-state index in [4.69, 9.17) is 23.2 Å². The molecule has 0 bridgehead atoms. The highest BCUT2D eigenvalue weighted by Crippen LogP contribution is 2.32. The topological polar surface area (TPSA) is 49.8 Å². The van der Waals surface area contributed by atoms with Gasteiger partial charge in [-0.15, -0.1) is 0 Å². The maximum Gasteiger partial charge on any atom is 0.229 e. The van der Waals surface area contributed by atoms with Crippen LogP contribution in [0.1, 0.15) is 26.5 Å². The van der Waals surface area contributed by atoms with E-state index in [-0.39, 0.29) is 5.54 Å². The summed E-state index contributed by atoms with van der Waals surface area (Å²) in [6.07, 6.45) is 0. The first kappa shape index (κ1) is 15.9. The van der Waals surface area contributed by atoms with Crippen molar-refractivity contribution in [2.45, 2.75) is 33.2 Å². The highest BCUT2D eigenvalue weighted by atomic mass is 35.5. The SMILES string of the molecule is Cc1cc(NC(C)(C)C)nc(Nc2c(Cl)cccc2Cl)n1. The highest BCUT2D eigenvalue weighted by Gasteiger charge is 2.13. The van der Waals surface area contributed by atoms with Crippen molar-refractivity contribution in [1.82, 2.24) is 9.97 Å². The average Bonchev–Trinajstić information content (AvgIpc) is 2.31. The molecule has 1 aromatic carbocycles. The number of rotatable bonds is 3.